The third kappa shape index (κ3) is 3.35. The van der Waals surface area contributed by atoms with Gasteiger partial charge in [0, 0.05) is 31.0 Å². The first-order chi connectivity index (χ1) is 12.7. The highest BCUT2D eigenvalue weighted by atomic mass is 32.1. The molecule has 2 saturated heterocycles. The number of fused-ring (bicyclic) bond motifs is 1. The monoisotopic (exact) mass is 373 g/mol. The maximum atomic E-state index is 12.4. The number of amides is 1. The minimum Gasteiger partial charge on any atom is -0.354 e. The number of carbonyl (C=O) groups is 1. The third-order valence-corrected chi connectivity index (χ3v) is 7.04. The highest BCUT2D eigenvalue weighted by Gasteiger charge is 2.32. The van der Waals surface area contributed by atoms with Crippen LogP contribution in [0.4, 0.5) is 0 Å². The minimum absolute atomic E-state index is 0.0115. The SMILES string of the molecule is CNC(=O)c1sc2nccnc2c1C1CCN(C2CCN(C)CC2)CC1. The van der Waals surface area contributed by atoms with Crippen LogP contribution in [0.25, 0.3) is 10.3 Å². The first-order valence-corrected chi connectivity index (χ1v) is 10.4. The normalized spacial score (nSPS) is 21.3. The lowest BCUT2D eigenvalue weighted by Gasteiger charge is -2.41. The van der Waals surface area contributed by atoms with Gasteiger partial charge in [-0.1, -0.05) is 0 Å². The van der Waals surface area contributed by atoms with Crippen LogP contribution in [0, 0.1) is 0 Å². The van der Waals surface area contributed by atoms with E-state index in [1.165, 1.54) is 37.3 Å². The van der Waals surface area contributed by atoms with Gasteiger partial charge in [-0.3, -0.25) is 9.78 Å². The van der Waals surface area contributed by atoms with E-state index in [0.29, 0.717) is 5.92 Å². The molecule has 0 aromatic carbocycles. The van der Waals surface area contributed by atoms with Crippen LogP contribution >= 0.6 is 11.3 Å². The molecular weight excluding hydrogens is 346 g/mol. The number of nitrogens with one attached hydrogen (secondary N) is 1. The molecule has 7 heteroatoms. The second-order valence-corrected chi connectivity index (χ2v) is 8.48. The van der Waals surface area contributed by atoms with Gasteiger partial charge in [-0.15, -0.1) is 11.3 Å². The predicted molar refractivity (Wildman–Crippen MR) is 105 cm³/mol. The van der Waals surface area contributed by atoms with Crippen molar-refractivity contribution in [2.45, 2.75) is 37.6 Å². The lowest BCUT2D eigenvalue weighted by molar-refractivity contribution is 0.0942. The van der Waals surface area contributed by atoms with E-state index in [2.05, 4.69) is 32.1 Å². The van der Waals surface area contributed by atoms with Crippen LogP contribution in [0.15, 0.2) is 12.4 Å². The molecule has 0 spiro atoms. The largest absolute Gasteiger partial charge is 0.354 e. The van der Waals surface area contributed by atoms with Gasteiger partial charge in [0.2, 0.25) is 0 Å². The molecule has 0 aliphatic carbocycles. The number of piperidine rings is 2. The van der Waals surface area contributed by atoms with E-state index in [4.69, 9.17) is 0 Å². The molecule has 1 amide bonds. The quantitative estimate of drug-likeness (QED) is 0.895. The summed E-state index contributed by atoms with van der Waals surface area (Å²) in [5.74, 6) is 0.387. The standard InChI is InChI=1S/C19H27N5OS/c1-20-18(25)17-15(16-19(26-17)22-8-7-21-16)13-3-11-24(12-4-13)14-5-9-23(2)10-6-14/h7-8,13-14H,3-6,9-12H2,1-2H3,(H,20,25). The number of hydrogen-bond donors (Lipinski definition) is 1. The summed E-state index contributed by atoms with van der Waals surface area (Å²) in [6.45, 7) is 4.64. The molecule has 0 unspecified atom stereocenters. The van der Waals surface area contributed by atoms with E-state index in [9.17, 15) is 4.79 Å². The first-order valence-electron chi connectivity index (χ1n) is 9.55. The van der Waals surface area contributed by atoms with Crippen molar-refractivity contribution in [3.63, 3.8) is 0 Å². The second-order valence-electron chi connectivity index (χ2n) is 7.48. The number of aromatic nitrogens is 2. The number of hydrogen-bond acceptors (Lipinski definition) is 6. The Morgan fingerprint density at radius 3 is 2.50 bits per heavy atom. The zero-order valence-electron chi connectivity index (χ0n) is 15.6. The fourth-order valence-corrected chi connectivity index (χ4v) is 5.55. The van der Waals surface area contributed by atoms with E-state index in [0.717, 1.165) is 52.8 Å². The summed E-state index contributed by atoms with van der Waals surface area (Å²) in [7, 11) is 3.91. The Kier molecular flexibility index (Phi) is 5.20. The van der Waals surface area contributed by atoms with Crippen molar-refractivity contribution in [3.8, 4) is 0 Å². The predicted octanol–water partition coefficient (Wildman–Crippen LogP) is 2.32. The molecule has 0 atom stereocenters. The molecule has 2 aromatic heterocycles. The Morgan fingerprint density at radius 1 is 1.12 bits per heavy atom. The van der Waals surface area contributed by atoms with Gasteiger partial charge in [0.15, 0.2) is 0 Å². The van der Waals surface area contributed by atoms with E-state index in [1.807, 2.05) is 0 Å². The van der Waals surface area contributed by atoms with Crippen LogP contribution in [0.2, 0.25) is 0 Å². The zero-order chi connectivity index (χ0) is 18.1. The van der Waals surface area contributed by atoms with Crippen LogP contribution in [0.5, 0.6) is 0 Å². The smallest absolute Gasteiger partial charge is 0.261 e. The van der Waals surface area contributed by atoms with Crippen LogP contribution in [0.3, 0.4) is 0 Å². The van der Waals surface area contributed by atoms with Gasteiger partial charge >= 0.3 is 0 Å². The Morgan fingerprint density at radius 2 is 1.81 bits per heavy atom. The Labute approximate surface area is 158 Å². The third-order valence-electron chi connectivity index (χ3n) is 5.94. The highest BCUT2D eigenvalue weighted by molar-refractivity contribution is 7.20. The molecule has 2 aliphatic heterocycles. The van der Waals surface area contributed by atoms with Gasteiger partial charge in [-0.25, -0.2) is 4.98 Å². The van der Waals surface area contributed by atoms with Crippen molar-refractivity contribution in [1.82, 2.24) is 25.1 Å². The first kappa shape index (κ1) is 17.8. The van der Waals surface area contributed by atoms with E-state index in [-0.39, 0.29) is 5.91 Å². The Bertz CT molecular complexity index is 775. The van der Waals surface area contributed by atoms with Gasteiger partial charge in [0.25, 0.3) is 5.91 Å². The molecule has 6 nitrogen and oxygen atoms in total. The molecule has 26 heavy (non-hydrogen) atoms. The van der Waals surface area contributed by atoms with Crippen molar-refractivity contribution >= 4 is 27.6 Å². The van der Waals surface area contributed by atoms with Crippen LogP contribution < -0.4 is 5.32 Å². The summed E-state index contributed by atoms with van der Waals surface area (Å²) in [5.41, 5.74) is 2.05. The topological polar surface area (TPSA) is 61.4 Å². The maximum absolute atomic E-state index is 12.4. The lowest BCUT2D eigenvalue weighted by atomic mass is 9.87. The number of nitrogens with zero attached hydrogens (tertiary/aromatic N) is 4. The summed E-state index contributed by atoms with van der Waals surface area (Å²) in [4.78, 5) is 28.2. The molecular formula is C19H27N5OS. The van der Waals surface area contributed by atoms with E-state index < -0.39 is 0 Å². The molecule has 0 saturated carbocycles. The van der Waals surface area contributed by atoms with Gasteiger partial charge < -0.3 is 15.1 Å². The average Bonchev–Trinajstić information content (AvgIpc) is 3.08. The fourth-order valence-electron chi connectivity index (χ4n) is 4.42. The molecule has 0 bridgehead atoms. The van der Waals surface area contributed by atoms with Crippen LogP contribution in [-0.2, 0) is 0 Å². The van der Waals surface area contributed by atoms with Crippen LogP contribution in [0.1, 0.15) is 46.8 Å². The molecule has 2 aromatic rings. The number of thiophene rings is 1. The molecule has 2 fully saturated rings. The summed E-state index contributed by atoms with van der Waals surface area (Å²) in [6.07, 6.45) is 8.19. The maximum Gasteiger partial charge on any atom is 0.261 e. The van der Waals surface area contributed by atoms with Crippen molar-refractivity contribution in [3.05, 3.63) is 22.8 Å². The fraction of sp³-hybridized carbons (Fsp3) is 0.632. The summed E-state index contributed by atoms with van der Waals surface area (Å²) in [5, 5.41) is 2.79. The molecule has 140 valence electrons. The lowest BCUT2D eigenvalue weighted by Crippen LogP contribution is -2.46. The molecule has 4 heterocycles. The average molecular weight is 374 g/mol. The van der Waals surface area contributed by atoms with Crippen LogP contribution in [-0.4, -0.2) is 72.0 Å². The molecule has 4 rings (SSSR count). The van der Waals surface area contributed by atoms with Crippen molar-refractivity contribution in [2.24, 2.45) is 0 Å². The number of likely N-dealkylation sites (tertiary alicyclic amines) is 2. The molecule has 2 aliphatic rings. The summed E-state index contributed by atoms with van der Waals surface area (Å²) < 4.78 is 0. The van der Waals surface area contributed by atoms with Crippen molar-refractivity contribution < 1.29 is 4.79 Å². The van der Waals surface area contributed by atoms with E-state index >= 15 is 0 Å². The number of carbonyl (C=O) groups excluding carboxylic acids is 1. The van der Waals surface area contributed by atoms with Gasteiger partial charge in [-0.05, 0) is 64.8 Å². The Balaban J connectivity index is 1.53. The Hall–Kier alpha value is -1.57. The number of rotatable bonds is 3. The minimum atomic E-state index is -0.0115. The van der Waals surface area contributed by atoms with Gasteiger partial charge in [-0.2, -0.15) is 0 Å². The molecule has 1 N–H and O–H groups in total. The zero-order valence-corrected chi connectivity index (χ0v) is 16.4. The van der Waals surface area contributed by atoms with Crippen molar-refractivity contribution in [1.29, 1.82) is 0 Å². The van der Waals surface area contributed by atoms with Crippen molar-refractivity contribution in [2.75, 3.05) is 40.3 Å². The molecule has 0 radical (unpaired) electrons. The second kappa shape index (κ2) is 7.58. The summed E-state index contributed by atoms with van der Waals surface area (Å²) >= 11 is 1.47. The van der Waals surface area contributed by atoms with Gasteiger partial charge in [0.1, 0.15) is 10.3 Å². The van der Waals surface area contributed by atoms with Gasteiger partial charge in [0.05, 0.1) is 4.88 Å². The van der Waals surface area contributed by atoms with E-state index in [1.54, 1.807) is 19.4 Å². The highest BCUT2D eigenvalue weighted by Crippen LogP contribution is 2.39. The summed E-state index contributed by atoms with van der Waals surface area (Å²) in [6, 6.07) is 0.726.